The number of nitrogens with one attached hydrogen (secondary N) is 1. The van der Waals surface area contributed by atoms with Crippen molar-refractivity contribution in [3.8, 4) is 0 Å². The molecule has 1 aliphatic rings. The first kappa shape index (κ1) is 16.0. The minimum Gasteiger partial charge on any atom is -0.311 e. The number of piperazine rings is 1. The van der Waals surface area contributed by atoms with Crippen molar-refractivity contribution in [2.45, 2.75) is 73.4 Å². The van der Waals surface area contributed by atoms with Crippen molar-refractivity contribution in [1.82, 2.24) is 10.2 Å². The maximum Gasteiger partial charge on any atom is 0.0244 e. The van der Waals surface area contributed by atoms with E-state index in [0.717, 1.165) is 12.6 Å². The summed E-state index contributed by atoms with van der Waals surface area (Å²) in [6, 6.07) is 1.35. The van der Waals surface area contributed by atoms with Crippen LogP contribution in [0.3, 0.4) is 0 Å². The molecule has 0 aromatic heterocycles. The van der Waals surface area contributed by atoms with Gasteiger partial charge in [0.15, 0.2) is 0 Å². The van der Waals surface area contributed by atoms with Gasteiger partial charge in [0.05, 0.1) is 0 Å². The fourth-order valence-electron chi connectivity index (χ4n) is 2.59. The lowest BCUT2D eigenvalue weighted by atomic mass is 9.84. The Morgan fingerprint density at radius 2 is 1.72 bits per heavy atom. The van der Waals surface area contributed by atoms with Gasteiger partial charge < -0.3 is 5.32 Å². The Morgan fingerprint density at radius 3 is 2.17 bits per heavy atom. The molecule has 0 bridgehead atoms. The Hall–Kier alpha value is -0.0800. The van der Waals surface area contributed by atoms with Crippen molar-refractivity contribution in [3.05, 3.63) is 0 Å². The lowest BCUT2D eigenvalue weighted by Crippen LogP contribution is -2.60. The van der Waals surface area contributed by atoms with Crippen LogP contribution < -0.4 is 5.32 Å². The van der Waals surface area contributed by atoms with E-state index in [-0.39, 0.29) is 0 Å². The van der Waals surface area contributed by atoms with E-state index in [1.54, 1.807) is 0 Å². The van der Waals surface area contributed by atoms with Crippen LogP contribution in [0.5, 0.6) is 0 Å². The van der Waals surface area contributed by atoms with Gasteiger partial charge in [0.2, 0.25) is 0 Å². The molecular formula is C16H34N2. The zero-order valence-corrected chi connectivity index (χ0v) is 13.6. The Morgan fingerprint density at radius 1 is 1.11 bits per heavy atom. The van der Waals surface area contributed by atoms with Crippen LogP contribution in [0.4, 0.5) is 0 Å². The van der Waals surface area contributed by atoms with Gasteiger partial charge in [0.25, 0.3) is 0 Å². The second kappa shape index (κ2) is 5.92. The Labute approximate surface area is 115 Å². The predicted molar refractivity (Wildman–Crippen MR) is 81.0 cm³/mol. The first-order valence-corrected chi connectivity index (χ1v) is 7.61. The van der Waals surface area contributed by atoms with Gasteiger partial charge in [0, 0.05) is 25.2 Å². The molecule has 1 rings (SSSR count). The second-order valence-electron chi connectivity index (χ2n) is 8.19. The summed E-state index contributed by atoms with van der Waals surface area (Å²) < 4.78 is 0. The number of nitrogens with zero attached hydrogens (tertiary/aromatic N) is 1. The maximum atomic E-state index is 3.75. The van der Waals surface area contributed by atoms with E-state index in [1.165, 1.54) is 25.9 Å². The smallest absolute Gasteiger partial charge is 0.0244 e. The highest BCUT2D eigenvalue weighted by Gasteiger charge is 2.33. The predicted octanol–water partition coefficient (Wildman–Crippen LogP) is 3.52. The van der Waals surface area contributed by atoms with E-state index in [0.29, 0.717) is 16.9 Å². The van der Waals surface area contributed by atoms with Crippen molar-refractivity contribution in [2.75, 3.05) is 19.6 Å². The van der Waals surface area contributed by atoms with E-state index in [4.69, 9.17) is 0 Å². The SMILES string of the molecule is CCC1CNC(C(C)(C)C)CN1CCC(C)(C)C. The van der Waals surface area contributed by atoms with Crippen molar-refractivity contribution < 1.29 is 0 Å². The van der Waals surface area contributed by atoms with E-state index in [1.807, 2.05) is 0 Å². The topological polar surface area (TPSA) is 15.3 Å². The van der Waals surface area contributed by atoms with Gasteiger partial charge >= 0.3 is 0 Å². The molecule has 18 heavy (non-hydrogen) atoms. The zero-order valence-electron chi connectivity index (χ0n) is 13.6. The maximum absolute atomic E-state index is 3.75. The molecule has 1 heterocycles. The third-order valence-electron chi connectivity index (χ3n) is 4.20. The van der Waals surface area contributed by atoms with Gasteiger partial charge in [-0.1, -0.05) is 48.5 Å². The summed E-state index contributed by atoms with van der Waals surface area (Å²) in [6.45, 7) is 20.0. The number of hydrogen-bond donors (Lipinski definition) is 1. The van der Waals surface area contributed by atoms with Crippen LogP contribution in [0.1, 0.15) is 61.3 Å². The first-order valence-electron chi connectivity index (χ1n) is 7.61. The minimum absolute atomic E-state index is 0.360. The van der Waals surface area contributed by atoms with Crippen LogP contribution >= 0.6 is 0 Å². The van der Waals surface area contributed by atoms with Gasteiger partial charge in [0.1, 0.15) is 0 Å². The standard InChI is InChI=1S/C16H34N2/c1-8-13-11-17-14(16(5,6)7)12-18(13)10-9-15(2,3)4/h13-14,17H,8-12H2,1-7H3. The lowest BCUT2D eigenvalue weighted by molar-refractivity contribution is 0.0742. The molecule has 1 N–H and O–H groups in total. The van der Waals surface area contributed by atoms with Crippen LogP contribution in [0.15, 0.2) is 0 Å². The Bertz CT molecular complexity index is 247. The monoisotopic (exact) mass is 254 g/mol. The molecule has 0 spiro atoms. The van der Waals surface area contributed by atoms with Crippen LogP contribution in [0, 0.1) is 10.8 Å². The summed E-state index contributed by atoms with van der Waals surface area (Å²) in [5, 5.41) is 3.75. The summed E-state index contributed by atoms with van der Waals surface area (Å²) in [7, 11) is 0. The van der Waals surface area contributed by atoms with E-state index >= 15 is 0 Å². The molecule has 1 fully saturated rings. The normalized spacial score (nSPS) is 27.5. The highest BCUT2D eigenvalue weighted by atomic mass is 15.2. The van der Waals surface area contributed by atoms with Crippen LogP contribution in [0.25, 0.3) is 0 Å². The van der Waals surface area contributed by atoms with Gasteiger partial charge in [-0.05, 0) is 30.2 Å². The van der Waals surface area contributed by atoms with Crippen LogP contribution in [-0.2, 0) is 0 Å². The molecule has 108 valence electrons. The molecule has 0 amide bonds. The van der Waals surface area contributed by atoms with Crippen LogP contribution in [0.2, 0.25) is 0 Å². The summed E-state index contributed by atoms with van der Waals surface area (Å²) in [6.07, 6.45) is 2.55. The molecule has 1 saturated heterocycles. The number of hydrogen-bond acceptors (Lipinski definition) is 2. The summed E-state index contributed by atoms with van der Waals surface area (Å²) in [4.78, 5) is 2.72. The fourth-order valence-corrected chi connectivity index (χ4v) is 2.59. The highest BCUT2D eigenvalue weighted by Crippen LogP contribution is 2.26. The molecule has 0 radical (unpaired) electrons. The Balaban J connectivity index is 2.59. The van der Waals surface area contributed by atoms with E-state index in [2.05, 4.69) is 58.7 Å². The van der Waals surface area contributed by atoms with Crippen molar-refractivity contribution in [3.63, 3.8) is 0 Å². The first-order chi connectivity index (χ1) is 8.13. The van der Waals surface area contributed by atoms with Crippen LogP contribution in [-0.4, -0.2) is 36.6 Å². The lowest BCUT2D eigenvalue weighted by Gasteiger charge is -2.45. The average molecular weight is 254 g/mol. The molecule has 0 aromatic carbocycles. The minimum atomic E-state index is 0.360. The molecule has 0 aliphatic carbocycles. The van der Waals surface area contributed by atoms with E-state index < -0.39 is 0 Å². The third-order valence-corrected chi connectivity index (χ3v) is 4.20. The molecule has 2 atom stereocenters. The summed E-state index contributed by atoms with van der Waals surface area (Å²) >= 11 is 0. The van der Waals surface area contributed by atoms with Crippen molar-refractivity contribution in [1.29, 1.82) is 0 Å². The quantitative estimate of drug-likeness (QED) is 0.829. The average Bonchev–Trinajstić information content (AvgIpc) is 2.23. The molecule has 2 nitrogen and oxygen atoms in total. The third kappa shape index (κ3) is 4.89. The van der Waals surface area contributed by atoms with Gasteiger partial charge in [-0.25, -0.2) is 0 Å². The molecule has 1 aliphatic heterocycles. The van der Waals surface area contributed by atoms with Crippen molar-refractivity contribution >= 4 is 0 Å². The summed E-state index contributed by atoms with van der Waals surface area (Å²) in [5.74, 6) is 0. The molecule has 2 heteroatoms. The molecule has 2 unspecified atom stereocenters. The molecular weight excluding hydrogens is 220 g/mol. The highest BCUT2D eigenvalue weighted by molar-refractivity contribution is 4.91. The van der Waals surface area contributed by atoms with Gasteiger partial charge in [-0.15, -0.1) is 0 Å². The Kier molecular flexibility index (Phi) is 5.25. The van der Waals surface area contributed by atoms with Crippen molar-refractivity contribution in [2.24, 2.45) is 10.8 Å². The van der Waals surface area contributed by atoms with Gasteiger partial charge in [-0.2, -0.15) is 0 Å². The van der Waals surface area contributed by atoms with Gasteiger partial charge in [-0.3, -0.25) is 4.90 Å². The fraction of sp³-hybridized carbons (Fsp3) is 1.00. The van der Waals surface area contributed by atoms with E-state index in [9.17, 15) is 0 Å². The second-order valence-corrected chi connectivity index (χ2v) is 8.19. The number of rotatable bonds is 3. The molecule has 0 saturated carbocycles. The summed E-state index contributed by atoms with van der Waals surface area (Å²) in [5.41, 5.74) is 0.805. The largest absolute Gasteiger partial charge is 0.311 e. The zero-order chi connectivity index (χ0) is 14.0. The molecule has 0 aromatic rings.